The summed E-state index contributed by atoms with van der Waals surface area (Å²) in [6.45, 7) is 2.64. The largest absolute Gasteiger partial charge is 0.417 e. The lowest BCUT2D eigenvalue weighted by Gasteiger charge is -2.24. The van der Waals surface area contributed by atoms with E-state index in [0.29, 0.717) is 13.2 Å². The first-order chi connectivity index (χ1) is 12.2. The molecule has 144 valence electrons. The average molecular weight is 393 g/mol. The van der Waals surface area contributed by atoms with Crippen LogP contribution in [0.5, 0.6) is 0 Å². The molecular weight excluding hydrogens is 373 g/mol. The van der Waals surface area contributed by atoms with Crippen LogP contribution in [0.25, 0.3) is 0 Å². The number of hydrogen-bond donors (Lipinski definition) is 1. The number of hydrogen-bond acceptors (Lipinski definition) is 3. The lowest BCUT2D eigenvalue weighted by Crippen LogP contribution is -2.37. The number of rotatable bonds is 6. The highest BCUT2D eigenvalue weighted by Gasteiger charge is 2.33. The zero-order valence-electron chi connectivity index (χ0n) is 14.2. The molecule has 1 saturated heterocycles. The number of nitrogens with one attached hydrogen (secondary N) is 1. The Hall–Kier alpha value is -1.80. The third kappa shape index (κ3) is 5.88. The molecule has 2 amide bonds. The SMILES string of the molecule is CC(=O)N(CCC(=O)Nc1ccc(Cl)c(C(F)(F)F)c1)CC1CCCO1. The molecule has 1 aliphatic rings. The molecule has 1 atom stereocenters. The van der Waals surface area contributed by atoms with Crippen molar-refractivity contribution in [2.45, 2.75) is 38.5 Å². The van der Waals surface area contributed by atoms with Gasteiger partial charge in [0, 0.05) is 38.7 Å². The monoisotopic (exact) mass is 392 g/mol. The normalized spacial score (nSPS) is 17.2. The van der Waals surface area contributed by atoms with Crippen molar-refractivity contribution in [1.29, 1.82) is 0 Å². The van der Waals surface area contributed by atoms with Crippen molar-refractivity contribution >= 4 is 29.1 Å². The summed E-state index contributed by atoms with van der Waals surface area (Å²) in [5.41, 5.74) is -1.01. The molecular formula is C17H20ClF3N2O3. The summed E-state index contributed by atoms with van der Waals surface area (Å²) in [4.78, 5) is 25.2. The number of amides is 2. The van der Waals surface area contributed by atoms with Crippen molar-refractivity contribution in [2.24, 2.45) is 0 Å². The van der Waals surface area contributed by atoms with E-state index in [4.69, 9.17) is 16.3 Å². The van der Waals surface area contributed by atoms with Gasteiger partial charge in [-0.15, -0.1) is 0 Å². The van der Waals surface area contributed by atoms with Crippen LogP contribution in [-0.4, -0.2) is 42.5 Å². The number of nitrogens with zero attached hydrogens (tertiary/aromatic N) is 1. The van der Waals surface area contributed by atoms with E-state index in [1.54, 1.807) is 0 Å². The quantitative estimate of drug-likeness (QED) is 0.802. The third-order valence-corrected chi connectivity index (χ3v) is 4.39. The van der Waals surface area contributed by atoms with E-state index in [1.165, 1.54) is 17.9 Å². The Morgan fingerprint density at radius 2 is 2.12 bits per heavy atom. The van der Waals surface area contributed by atoms with Gasteiger partial charge in [0.25, 0.3) is 0 Å². The first-order valence-electron chi connectivity index (χ1n) is 8.20. The molecule has 1 aromatic rings. The van der Waals surface area contributed by atoms with Crippen LogP contribution in [0.15, 0.2) is 18.2 Å². The molecule has 0 radical (unpaired) electrons. The van der Waals surface area contributed by atoms with Gasteiger partial charge >= 0.3 is 6.18 Å². The van der Waals surface area contributed by atoms with Gasteiger partial charge < -0.3 is 15.0 Å². The first kappa shape index (κ1) is 20.5. The molecule has 0 aromatic heterocycles. The van der Waals surface area contributed by atoms with Gasteiger partial charge in [0.15, 0.2) is 0 Å². The number of benzene rings is 1. The van der Waals surface area contributed by atoms with Crippen LogP contribution < -0.4 is 5.32 Å². The second-order valence-corrected chi connectivity index (χ2v) is 6.50. The molecule has 0 bridgehead atoms. The second kappa shape index (κ2) is 8.73. The number of carbonyl (C=O) groups is 2. The van der Waals surface area contributed by atoms with Crippen molar-refractivity contribution in [3.8, 4) is 0 Å². The van der Waals surface area contributed by atoms with Crippen LogP contribution in [0.4, 0.5) is 18.9 Å². The Morgan fingerprint density at radius 1 is 1.38 bits per heavy atom. The molecule has 1 heterocycles. The highest BCUT2D eigenvalue weighted by atomic mass is 35.5. The van der Waals surface area contributed by atoms with Gasteiger partial charge in [-0.05, 0) is 31.0 Å². The minimum absolute atomic E-state index is 0.000209. The Labute approximate surface area is 154 Å². The molecule has 26 heavy (non-hydrogen) atoms. The van der Waals surface area contributed by atoms with Crippen molar-refractivity contribution in [3.63, 3.8) is 0 Å². The number of anilines is 1. The number of carbonyl (C=O) groups excluding carboxylic acids is 2. The van der Waals surface area contributed by atoms with E-state index < -0.39 is 22.7 Å². The van der Waals surface area contributed by atoms with Crippen LogP contribution in [0.3, 0.4) is 0 Å². The number of halogens is 4. The molecule has 0 spiro atoms. The second-order valence-electron chi connectivity index (χ2n) is 6.09. The lowest BCUT2D eigenvalue weighted by molar-refractivity contribution is -0.137. The van der Waals surface area contributed by atoms with Gasteiger partial charge in [0.05, 0.1) is 16.7 Å². The number of alkyl halides is 3. The van der Waals surface area contributed by atoms with Gasteiger partial charge in [0.1, 0.15) is 0 Å². The lowest BCUT2D eigenvalue weighted by atomic mass is 10.2. The molecule has 1 N–H and O–H groups in total. The molecule has 2 rings (SSSR count). The van der Waals surface area contributed by atoms with Crippen LogP contribution in [0, 0.1) is 0 Å². The molecule has 1 aromatic carbocycles. The molecule has 1 fully saturated rings. The number of ether oxygens (including phenoxy) is 1. The summed E-state index contributed by atoms with van der Waals surface area (Å²) in [5, 5.41) is 1.97. The molecule has 0 saturated carbocycles. The van der Waals surface area contributed by atoms with E-state index in [1.807, 2.05) is 0 Å². The van der Waals surface area contributed by atoms with Gasteiger partial charge in [-0.2, -0.15) is 13.2 Å². The highest BCUT2D eigenvalue weighted by Crippen LogP contribution is 2.36. The maximum Gasteiger partial charge on any atom is 0.417 e. The summed E-state index contributed by atoms with van der Waals surface area (Å²) < 4.78 is 44.0. The summed E-state index contributed by atoms with van der Waals surface area (Å²) in [7, 11) is 0. The summed E-state index contributed by atoms with van der Waals surface area (Å²) in [5.74, 6) is -0.668. The van der Waals surface area contributed by atoms with Crippen molar-refractivity contribution in [1.82, 2.24) is 4.90 Å². The van der Waals surface area contributed by atoms with E-state index in [0.717, 1.165) is 25.0 Å². The van der Waals surface area contributed by atoms with Gasteiger partial charge in [-0.25, -0.2) is 0 Å². The molecule has 9 heteroatoms. The van der Waals surface area contributed by atoms with Crippen molar-refractivity contribution in [2.75, 3.05) is 25.0 Å². The fourth-order valence-corrected chi connectivity index (χ4v) is 2.92. The van der Waals surface area contributed by atoms with Crippen molar-refractivity contribution in [3.05, 3.63) is 28.8 Å². The zero-order chi connectivity index (χ0) is 19.3. The average Bonchev–Trinajstić information content (AvgIpc) is 3.05. The van der Waals surface area contributed by atoms with Crippen LogP contribution >= 0.6 is 11.6 Å². The van der Waals surface area contributed by atoms with Gasteiger partial charge in [-0.3, -0.25) is 9.59 Å². The van der Waals surface area contributed by atoms with E-state index in [9.17, 15) is 22.8 Å². The van der Waals surface area contributed by atoms with E-state index >= 15 is 0 Å². The zero-order valence-corrected chi connectivity index (χ0v) is 15.0. The molecule has 1 unspecified atom stereocenters. The first-order valence-corrected chi connectivity index (χ1v) is 8.58. The summed E-state index contributed by atoms with van der Waals surface area (Å²) >= 11 is 5.55. The Balaban J connectivity index is 1.92. The van der Waals surface area contributed by atoms with Crippen molar-refractivity contribution < 1.29 is 27.5 Å². The smallest absolute Gasteiger partial charge is 0.376 e. The maximum absolute atomic E-state index is 12.8. The van der Waals surface area contributed by atoms with Crippen LogP contribution in [0.2, 0.25) is 5.02 Å². The van der Waals surface area contributed by atoms with Gasteiger partial charge in [0.2, 0.25) is 11.8 Å². The maximum atomic E-state index is 12.8. The Kier molecular flexibility index (Phi) is 6.88. The van der Waals surface area contributed by atoms with E-state index in [2.05, 4.69) is 5.32 Å². The minimum atomic E-state index is -4.61. The summed E-state index contributed by atoms with van der Waals surface area (Å²) in [6.07, 6.45) is -2.87. The fraction of sp³-hybridized carbons (Fsp3) is 0.529. The Bertz CT molecular complexity index is 661. The van der Waals surface area contributed by atoms with Gasteiger partial charge in [-0.1, -0.05) is 11.6 Å². The minimum Gasteiger partial charge on any atom is -0.376 e. The van der Waals surface area contributed by atoms with Crippen LogP contribution in [0.1, 0.15) is 31.7 Å². The molecule has 0 aliphatic carbocycles. The Morgan fingerprint density at radius 3 is 2.69 bits per heavy atom. The predicted octanol–water partition coefficient (Wildman–Crippen LogP) is 3.71. The van der Waals surface area contributed by atoms with E-state index in [-0.39, 0.29) is 30.7 Å². The topological polar surface area (TPSA) is 58.6 Å². The standard InChI is InChI=1S/C17H20ClF3N2O3/c1-11(24)23(10-13-3-2-8-26-13)7-6-16(25)22-12-4-5-15(18)14(9-12)17(19,20)21/h4-5,9,13H,2-3,6-8,10H2,1H3,(H,22,25). The summed E-state index contributed by atoms with van der Waals surface area (Å²) in [6, 6.07) is 3.17. The molecule has 1 aliphatic heterocycles. The fourth-order valence-electron chi connectivity index (χ4n) is 2.69. The predicted molar refractivity (Wildman–Crippen MR) is 90.9 cm³/mol. The molecule has 5 nitrogen and oxygen atoms in total. The highest BCUT2D eigenvalue weighted by molar-refractivity contribution is 6.31. The van der Waals surface area contributed by atoms with Crippen LogP contribution in [-0.2, 0) is 20.5 Å². The third-order valence-electron chi connectivity index (χ3n) is 4.06.